The molecule has 0 bridgehead atoms. The van der Waals surface area contributed by atoms with E-state index in [1.807, 2.05) is 30.3 Å². The third-order valence-electron chi connectivity index (χ3n) is 2.76. The van der Waals surface area contributed by atoms with Crippen molar-refractivity contribution in [2.75, 3.05) is 0 Å². The molecule has 0 aliphatic rings. The van der Waals surface area contributed by atoms with E-state index in [2.05, 4.69) is 9.97 Å². The van der Waals surface area contributed by atoms with Gasteiger partial charge in [-0.05, 0) is 12.0 Å². The number of aromatic amines is 1. The fourth-order valence-electron chi connectivity index (χ4n) is 1.77. The first-order chi connectivity index (χ1) is 8.70. The Labute approximate surface area is 105 Å². The molecule has 1 aromatic carbocycles. The van der Waals surface area contributed by atoms with Gasteiger partial charge in [0.1, 0.15) is 11.9 Å². The summed E-state index contributed by atoms with van der Waals surface area (Å²) in [5.41, 5.74) is 1.31. The van der Waals surface area contributed by atoms with Crippen molar-refractivity contribution < 1.29 is 4.39 Å². The first-order valence-corrected chi connectivity index (χ1v) is 5.96. The molecular formula is C14H15FN2O. The summed E-state index contributed by atoms with van der Waals surface area (Å²) in [5, 5.41) is 0. The zero-order valence-electron chi connectivity index (χ0n) is 10.2. The highest BCUT2D eigenvalue weighted by molar-refractivity contribution is 5.20. The summed E-state index contributed by atoms with van der Waals surface area (Å²) >= 11 is 0. The Morgan fingerprint density at radius 2 is 2.06 bits per heavy atom. The predicted molar refractivity (Wildman–Crippen MR) is 68.2 cm³/mol. The molecule has 0 radical (unpaired) electrons. The number of hydrogen-bond acceptors (Lipinski definition) is 2. The van der Waals surface area contributed by atoms with E-state index in [9.17, 15) is 9.18 Å². The SMILES string of the molecule is CC[C@@H](F)c1ncc(Cc2ccccc2)[nH]c1=O. The van der Waals surface area contributed by atoms with Gasteiger partial charge in [0.25, 0.3) is 5.56 Å². The van der Waals surface area contributed by atoms with Crippen molar-refractivity contribution in [2.45, 2.75) is 25.9 Å². The Bertz CT molecular complexity index is 566. The van der Waals surface area contributed by atoms with Crippen molar-refractivity contribution in [3.05, 3.63) is 63.8 Å². The average Bonchev–Trinajstić information content (AvgIpc) is 2.39. The predicted octanol–water partition coefficient (Wildman–Crippen LogP) is 2.78. The number of rotatable bonds is 4. The van der Waals surface area contributed by atoms with Crippen LogP contribution in [0.1, 0.15) is 36.5 Å². The van der Waals surface area contributed by atoms with Crippen LogP contribution in [0.25, 0.3) is 0 Å². The number of nitrogens with one attached hydrogen (secondary N) is 1. The molecule has 3 nitrogen and oxygen atoms in total. The zero-order chi connectivity index (χ0) is 13.0. The number of aromatic nitrogens is 2. The van der Waals surface area contributed by atoms with Crippen LogP contribution >= 0.6 is 0 Å². The molecule has 0 amide bonds. The lowest BCUT2D eigenvalue weighted by Gasteiger charge is -2.05. The second-order valence-electron chi connectivity index (χ2n) is 4.16. The number of nitrogens with zero attached hydrogens (tertiary/aromatic N) is 1. The average molecular weight is 246 g/mol. The Morgan fingerprint density at radius 1 is 1.33 bits per heavy atom. The quantitative estimate of drug-likeness (QED) is 0.901. The number of halogens is 1. The van der Waals surface area contributed by atoms with Gasteiger partial charge in [0, 0.05) is 18.3 Å². The highest BCUT2D eigenvalue weighted by Crippen LogP contribution is 2.14. The molecule has 0 aliphatic heterocycles. The molecule has 18 heavy (non-hydrogen) atoms. The van der Waals surface area contributed by atoms with Crippen molar-refractivity contribution in [3.63, 3.8) is 0 Å². The lowest BCUT2D eigenvalue weighted by Crippen LogP contribution is -2.18. The Balaban J connectivity index is 2.22. The normalized spacial score (nSPS) is 12.3. The van der Waals surface area contributed by atoms with E-state index in [1.54, 1.807) is 6.92 Å². The first kappa shape index (κ1) is 12.5. The fraction of sp³-hybridized carbons (Fsp3) is 0.286. The number of alkyl halides is 1. The zero-order valence-corrected chi connectivity index (χ0v) is 10.2. The summed E-state index contributed by atoms with van der Waals surface area (Å²) in [6.07, 6.45) is 1.09. The van der Waals surface area contributed by atoms with Gasteiger partial charge >= 0.3 is 0 Å². The van der Waals surface area contributed by atoms with Gasteiger partial charge in [0.15, 0.2) is 0 Å². The molecule has 4 heteroatoms. The molecular weight excluding hydrogens is 231 g/mol. The van der Waals surface area contributed by atoms with Crippen molar-refractivity contribution in [1.82, 2.24) is 9.97 Å². The molecule has 2 aromatic rings. The summed E-state index contributed by atoms with van der Waals surface area (Å²) in [5.74, 6) is 0. The molecule has 1 N–H and O–H groups in total. The van der Waals surface area contributed by atoms with Crippen LogP contribution in [0.5, 0.6) is 0 Å². The molecule has 0 fully saturated rings. The van der Waals surface area contributed by atoms with Gasteiger partial charge in [0.05, 0.1) is 0 Å². The number of H-pyrrole nitrogens is 1. The van der Waals surface area contributed by atoms with Gasteiger partial charge in [0.2, 0.25) is 0 Å². The van der Waals surface area contributed by atoms with Crippen LogP contribution in [0.3, 0.4) is 0 Å². The third-order valence-corrected chi connectivity index (χ3v) is 2.76. The summed E-state index contributed by atoms with van der Waals surface area (Å²) in [6.45, 7) is 1.68. The van der Waals surface area contributed by atoms with E-state index < -0.39 is 11.7 Å². The molecule has 2 rings (SSSR count). The molecule has 0 spiro atoms. The maximum Gasteiger partial charge on any atom is 0.272 e. The maximum atomic E-state index is 13.4. The van der Waals surface area contributed by atoms with Gasteiger partial charge in [-0.3, -0.25) is 9.78 Å². The monoisotopic (exact) mass is 246 g/mol. The van der Waals surface area contributed by atoms with Crippen molar-refractivity contribution >= 4 is 0 Å². The van der Waals surface area contributed by atoms with E-state index in [1.165, 1.54) is 6.20 Å². The standard InChI is InChI=1S/C14H15FN2O/c1-2-12(15)13-14(18)17-11(9-16-13)8-10-6-4-3-5-7-10/h3-7,9,12H,2,8H2,1H3,(H,17,18)/t12-/m1/s1. The van der Waals surface area contributed by atoms with Crippen molar-refractivity contribution in [1.29, 1.82) is 0 Å². The van der Waals surface area contributed by atoms with E-state index in [0.29, 0.717) is 12.1 Å². The lowest BCUT2D eigenvalue weighted by atomic mass is 10.1. The van der Waals surface area contributed by atoms with E-state index in [4.69, 9.17) is 0 Å². The van der Waals surface area contributed by atoms with Crippen LogP contribution in [0.4, 0.5) is 4.39 Å². The third kappa shape index (κ3) is 2.83. The van der Waals surface area contributed by atoms with Gasteiger partial charge in [-0.15, -0.1) is 0 Å². The summed E-state index contributed by atoms with van der Waals surface area (Å²) in [6, 6.07) is 9.74. The van der Waals surface area contributed by atoms with Crippen LogP contribution in [-0.4, -0.2) is 9.97 Å². The van der Waals surface area contributed by atoms with Gasteiger partial charge in [-0.1, -0.05) is 37.3 Å². The van der Waals surface area contributed by atoms with E-state index in [0.717, 1.165) is 5.56 Å². The van der Waals surface area contributed by atoms with Crippen LogP contribution in [0.2, 0.25) is 0 Å². The molecule has 0 saturated heterocycles. The fourth-order valence-corrected chi connectivity index (χ4v) is 1.77. The second kappa shape index (κ2) is 5.58. The number of hydrogen-bond donors (Lipinski definition) is 1. The highest BCUT2D eigenvalue weighted by Gasteiger charge is 2.13. The van der Waals surface area contributed by atoms with Crippen molar-refractivity contribution in [2.24, 2.45) is 0 Å². The van der Waals surface area contributed by atoms with E-state index in [-0.39, 0.29) is 12.1 Å². The molecule has 1 atom stereocenters. The maximum absolute atomic E-state index is 13.4. The van der Waals surface area contributed by atoms with Crippen LogP contribution in [0, 0.1) is 0 Å². The smallest absolute Gasteiger partial charge is 0.272 e. The molecule has 0 unspecified atom stereocenters. The topological polar surface area (TPSA) is 45.8 Å². The van der Waals surface area contributed by atoms with Crippen LogP contribution in [-0.2, 0) is 6.42 Å². The highest BCUT2D eigenvalue weighted by atomic mass is 19.1. The van der Waals surface area contributed by atoms with Crippen LogP contribution in [0.15, 0.2) is 41.3 Å². The van der Waals surface area contributed by atoms with Gasteiger partial charge in [-0.2, -0.15) is 0 Å². The lowest BCUT2D eigenvalue weighted by molar-refractivity contribution is 0.323. The van der Waals surface area contributed by atoms with Crippen LogP contribution < -0.4 is 5.56 Å². The first-order valence-electron chi connectivity index (χ1n) is 5.96. The summed E-state index contributed by atoms with van der Waals surface area (Å²) in [4.78, 5) is 18.3. The number of benzene rings is 1. The summed E-state index contributed by atoms with van der Waals surface area (Å²) < 4.78 is 13.4. The molecule has 94 valence electrons. The van der Waals surface area contributed by atoms with E-state index >= 15 is 0 Å². The Kier molecular flexibility index (Phi) is 3.87. The van der Waals surface area contributed by atoms with Gasteiger partial charge in [-0.25, -0.2) is 4.39 Å². The Hall–Kier alpha value is -1.97. The minimum atomic E-state index is -1.29. The largest absolute Gasteiger partial charge is 0.323 e. The minimum Gasteiger partial charge on any atom is -0.323 e. The minimum absolute atomic E-state index is 0.0330. The van der Waals surface area contributed by atoms with Gasteiger partial charge < -0.3 is 4.98 Å². The Morgan fingerprint density at radius 3 is 2.67 bits per heavy atom. The summed E-state index contributed by atoms with van der Waals surface area (Å²) in [7, 11) is 0. The molecule has 0 aliphatic carbocycles. The molecule has 1 heterocycles. The molecule has 1 aromatic heterocycles. The van der Waals surface area contributed by atoms with Crippen molar-refractivity contribution in [3.8, 4) is 0 Å². The molecule has 0 saturated carbocycles. The second-order valence-corrected chi connectivity index (χ2v) is 4.16.